The second-order valence-electron chi connectivity index (χ2n) is 8.58. The first-order valence-electron chi connectivity index (χ1n) is 11.3. The summed E-state index contributed by atoms with van der Waals surface area (Å²) in [6, 6.07) is 22.0. The summed E-state index contributed by atoms with van der Waals surface area (Å²) in [7, 11) is -3.70. The Morgan fingerprint density at radius 1 is 0.818 bits per heavy atom. The van der Waals surface area contributed by atoms with Crippen molar-refractivity contribution >= 4 is 27.3 Å². The maximum absolute atomic E-state index is 13.3. The SMILES string of the molecule is O=C(Nc1cccc(N2CCCC2)c1)c1cccc(S(=O)(=O)N2CCc3ccccc3C2)c1. The van der Waals surface area contributed by atoms with Gasteiger partial charge in [-0.1, -0.05) is 36.4 Å². The molecule has 0 spiro atoms. The molecule has 1 fully saturated rings. The van der Waals surface area contributed by atoms with Gasteiger partial charge in [0, 0.05) is 43.1 Å². The van der Waals surface area contributed by atoms with E-state index in [1.165, 1.54) is 28.8 Å². The topological polar surface area (TPSA) is 69.7 Å². The lowest BCUT2D eigenvalue weighted by atomic mass is 10.0. The number of carbonyl (C=O) groups excluding carboxylic acids is 1. The van der Waals surface area contributed by atoms with Gasteiger partial charge in [0.25, 0.3) is 5.91 Å². The number of hydrogen-bond donors (Lipinski definition) is 1. The Hall–Kier alpha value is -3.16. The number of amides is 1. The molecule has 5 rings (SSSR count). The fourth-order valence-corrected chi connectivity index (χ4v) is 6.05. The van der Waals surface area contributed by atoms with Crippen LogP contribution in [-0.2, 0) is 23.0 Å². The number of rotatable bonds is 5. The summed E-state index contributed by atoms with van der Waals surface area (Å²) in [5.74, 6) is -0.324. The number of benzene rings is 3. The van der Waals surface area contributed by atoms with Gasteiger partial charge in [-0.2, -0.15) is 4.31 Å². The van der Waals surface area contributed by atoms with Crippen molar-refractivity contribution < 1.29 is 13.2 Å². The number of anilines is 2. The zero-order valence-electron chi connectivity index (χ0n) is 18.4. The molecule has 0 aliphatic carbocycles. The van der Waals surface area contributed by atoms with Crippen molar-refractivity contribution in [1.29, 1.82) is 0 Å². The Morgan fingerprint density at radius 2 is 1.58 bits per heavy atom. The van der Waals surface area contributed by atoms with Crippen LogP contribution in [0.5, 0.6) is 0 Å². The molecule has 33 heavy (non-hydrogen) atoms. The second kappa shape index (κ2) is 9.00. The Labute approximate surface area is 194 Å². The van der Waals surface area contributed by atoms with Crippen LogP contribution < -0.4 is 10.2 Å². The van der Waals surface area contributed by atoms with Crippen LogP contribution in [-0.4, -0.2) is 38.3 Å². The van der Waals surface area contributed by atoms with Crippen molar-refractivity contribution in [2.45, 2.75) is 30.7 Å². The molecule has 0 aromatic heterocycles. The van der Waals surface area contributed by atoms with Crippen molar-refractivity contribution in [1.82, 2.24) is 4.31 Å². The van der Waals surface area contributed by atoms with Crippen molar-refractivity contribution in [2.75, 3.05) is 29.9 Å². The first kappa shape index (κ1) is 21.7. The standard InChI is InChI=1S/C26H27N3O3S/c30-26(27-23-10-6-11-24(18-23)28-14-3-4-15-28)21-9-5-12-25(17-21)33(31,32)29-16-13-20-7-1-2-8-22(20)19-29/h1-2,5-12,17-18H,3-4,13-16,19H2,(H,27,30). The molecule has 7 heteroatoms. The van der Waals surface area contributed by atoms with Crippen molar-refractivity contribution in [3.05, 3.63) is 89.5 Å². The zero-order chi connectivity index (χ0) is 22.8. The highest BCUT2D eigenvalue weighted by atomic mass is 32.2. The van der Waals surface area contributed by atoms with Crippen LogP contribution in [0.4, 0.5) is 11.4 Å². The van der Waals surface area contributed by atoms with E-state index in [0.29, 0.717) is 30.8 Å². The number of nitrogens with one attached hydrogen (secondary N) is 1. The molecule has 0 bridgehead atoms. The highest BCUT2D eigenvalue weighted by Crippen LogP contribution is 2.26. The predicted octanol–water partition coefficient (Wildman–Crippen LogP) is 4.29. The summed E-state index contributed by atoms with van der Waals surface area (Å²) in [5, 5.41) is 2.92. The third-order valence-electron chi connectivity index (χ3n) is 6.40. The Kier molecular flexibility index (Phi) is 5.91. The molecule has 3 aromatic carbocycles. The zero-order valence-corrected chi connectivity index (χ0v) is 19.2. The van der Waals surface area contributed by atoms with E-state index in [2.05, 4.69) is 10.2 Å². The van der Waals surface area contributed by atoms with Crippen molar-refractivity contribution in [3.8, 4) is 0 Å². The summed E-state index contributed by atoms with van der Waals surface area (Å²) in [6.45, 7) is 2.83. The largest absolute Gasteiger partial charge is 0.371 e. The van der Waals surface area contributed by atoms with E-state index in [1.807, 2.05) is 48.5 Å². The van der Waals surface area contributed by atoms with E-state index in [0.717, 1.165) is 24.3 Å². The molecule has 1 saturated heterocycles. The average Bonchev–Trinajstić information content (AvgIpc) is 3.39. The monoisotopic (exact) mass is 461 g/mol. The van der Waals surface area contributed by atoms with Gasteiger partial charge < -0.3 is 10.2 Å². The summed E-state index contributed by atoms with van der Waals surface area (Å²) in [5.41, 5.74) is 4.32. The van der Waals surface area contributed by atoms with Crippen LogP contribution in [0.1, 0.15) is 34.3 Å². The number of fused-ring (bicyclic) bond motifs is 1. The molecule has 2 aliphatic rings. The van der Waals surface area contributed by atoms with Gasteiger partial charge >= 0.3 is 0 Å². The van der Waals surface area contributed by atoms with Gasteiger partial charge in [-0.15, -0.1) is 0 Å². The van der Waals surface area contributed by atoms with Crippen LogP contribution in [0.2, 0.25) is 0 Å². The highest BCUT2D eigenvalue weighted by Gasteiger charge is 2.28. The van der Waals surface area contributed by atoms with E-state index in [-0.39, 0.29) is 10.8 Å². The molecule has 3 aromatic rings. The molecular formula is C26H27N3O3S. The van der Waals surface area contributed by atoms with Gasteiger partial charge in [0.1, 0.15) is 0 Å². The third-order valence-corrected chi connectivity index (χ3v) is 8.25. The molecule has 2 aliphatic heterocycles. The van der Waals surface area contributed by atoms with Crippen molar-refractivity contribution in [2.24, 2.45) is 0 Å². The van der Waals surface area contributed by atoms with Gasteiger partial charge in [-0.25, -0.2) is 8.42 Å². The Bertz CT molecular complexity index is 1280. The van der Waals surface area contributed by atoms with Gasteiger partial charge in [-0.3, -0.25) is 4.79 Å². The van der Waals surface area contributed by atoms with E-state index in [9.17, 15) is 13.2 Å². The number of nitrogens with zero attached hydrogens (tertiary/aromatic N) is 2. The molecule has 6 nitrogen and oxygen atoms in total. The maximum Gasteiger partial charge on any atom is 0.255 e. The molecule has 0 atom stereocenters. The van der Waals surface area contributed by atoms with Crippen LogP contribution >= 0.6 is 0 Å². The molecule has 0 unspecified atom stereocenters. The first-order valence-corrected chi connectivity index (χ1v) is 12.8. The molecule has 0 saturated carbocycles. The molecule has 0 radical (unpaired) electrons. The molecule has 2 heterocycles. The quantitative estimate of drug-likeness (QED) is 0.616. The fraction of sp³-hybridized carbons (Fsp3) is 0.269. The summed E-state index contributed by atoms with van der Waals surface area (Å²) in [6.07, 6.45) is 3.05. The molecule has 1 amide bonds. The number of carbonyl (C=O) groups is 1. The Morgan fingerprint density at radius 3 is 2.39 bits per heavy atom. The summed E-state index contributed by atoms with van der Waals surface area (Å²) in [4.78, 5) is 15.4. The number of sulfonamides is 1. The minimum Gasteiger partial charge on any atom is -0.371 e. The first-order chi connectivity index (χ1) is 16.0. The van der Waals surface area contributed by atoms with E-state index < -0.39 is 10.0 Å². The van der Waals surface area contributed by atoms with E-state index in [4.69, 9.17) is 0 Å². The van der Waals surface area contributed by atoms with Gasteiger partial charge in [0.05, 0.1) is 4.90 Å². The van der Waals surface area contributed by atoms with E-state index >= 15 is 0 Å². The molecule has 1 N–H and O–H groups in total. The minimum atomic E-state index is -3.70. The lowest BCUT2D eigenvalue weighted by Gasteiger charge is -2.28. The smallest absolute Gasteiger partial charge is 0.255 e. The van der Waals surface area contributed by atoms with Crippen molar-refractivity contribution in [3.63, 3.8) is 0 Å². The van der Waals surface area contributed by atoms with Gasteiger partial charge in [-0.05, 0) is 66.8 Å². The van der Waals surface area contributed by atoms with Crippen LogP contribution in [0, 0.1) is 0 Å². The van der Waals surface area contributed by atoms with Gasteiger partial charge in [0.15, 0.2) is 0 Å². The molecular weight excluding hydrogens is 434 g/mol. The lowest BCUT2D eigenvalue weighted by Crippen LogP contribution is -2.36. The molecule has 170 valence electrons. The number of hydrogen-bond acceptors (Lipinski definition) is 4. The van der Waals surface area contributed by atoms with Crippen LogP contribution in [0.15, 0.2) is 77.7 Å². The maximum atomic E-state index is 13.3. The second-order valence-corrected chi connectivity index (χ2v) is 10.5. The summed E-state index contributed by atoms with van der Waals surface area (Å²) < 4.78 is 28.1. The predicted molar refractivity (Wildman–Crippen MR) is 130 cm³/mol. The Balaban J connectivity index is 1.34. The summed E-state index contributed by atoms with van der Waals surface area (Å²) >= 11 is 0. The normalized spacial score (nSPS) is 16.4. The van der Waals surface area contributed by atoms with Crippen LogP contribution in [0.3, 0.4) is 0 Å². The van der Waals surface area contributed by atoms with Gasteiger partial charge in [0.2, 0.25) is 10.0 Å². The fourth-order valence-electron chi connectivity index (χ4n) is 4.58. The lowest BCUT2D eigenvalue weighted by molar-refractivity contribution is 0.102. The minimum absolute atomic E-state index is 0.139. The van der Waals surface area contributed by atoms with E-state index in [1.54, 1.807) is 18.2 Å². The highest BCUT2D eigenvalue weighted by molar-refractivity contribution is 7.89. The third kappa shape index (κ3) is 4.51. The average molecular weight is 462 g/mol. The van der Waals surface area contributed by atoms with Crippen LogP contribution in [0.25, 0.3) is 0 Å².